The molecule has 5 nitrogen and oxygen atoms in total. The molecular formula is C8H21Cl6NO4S2. The lowest BCUT2D eigenvalue weighted by molar-refractivity contribution is 0.606. The zero-order valence-corrected chi connectivity index (χ0v) is 16.5. The topological polar surface area (TPSA) is 94.3 Å². The summed E-state index contributed by atoms with van der Waals surface area (Å²) in [6.45, 7) is 0.712. The van der Waals surface area contributed by atoms with E-state index in [1.165, 1.54) is 0 Å². The first-order valence-corrected chi connectivity index (χ1v) is 11.5. The van der Waals surface area contributed by atoms with Crippen molar-refractivity contribution in [2.75, 3.05) is 24.1 Å². The summed E-state index contributed by atoms with van der Waals surface area (Å²) in [5.41, 5.74) is 5.05. The average Bonchev–Trinajstić information content (AvgIpc) is 2.15. The van der Waals surface area contributed by atoms with E-state index in [-0.39, 0.29) is 25.6 Å². The first-order chi connectivity index (χ1) is 8.47. The number of hydrogen-bond donors (Lipinski definition) is 1. The van der Waals surface area contributed by atoms with E-state index >= 15 is 0 Å². The zero-order chi connectivity index (χ0) is 15.9. The van der Waals surface area contributed by atoms with Crippen LogP contribution in [0.4, 0.5) is 0 Å². The van der Waals surface area contributed by atoms with Crippen LogP contribution in [0.1, 0.15) is 26.7 Å². The van der Waals surface area contributed by atoms with Gasteiger partial charge in [-0.15, -0.1) is 35.6 Å². The largest absolute Gasteiger partial charge is 0.330 e. The Morgan fingerprint density at radius 2 is 1.14 bits per heavy atom. The molecular weight excluding hydrogens is 451 g/mol. The lowest BCUT2D eigenvalue weighted by Crippen LogP contribution is -1.97. The Labute approximate surface area is 157 Å². The summed E-state index contributed by atoms with van der Waals surface area (Å²) in [5.74, 6) is 1.21. The second kappa shape index (κ2) is 21.6. The Morgan fingerprint density at radius 1 is 0.810 bits per heavy atom. The van der Waals surface area contributed by atoms with Crippen molar-refractivity contribution in [2.45, 2.75) is 26.7 Å². The van der Waals surface area contributed by atoms with Gasteiger partial charge in [0.05, 0.1) is 5.75 Å². The fourth-order valence-corrected chi connectivity index (χ4v) is 1.67. The maximum absolute atomic E-state index is 10.2. The molecule has 13 heteroatoms. The van der Waals surface area contributed by atoms with Gasteiger partial charge in [0.25, 0.3) is 0 Å². The summed E-state index contributed by atoms with van der Waals surface area (Å²) >= 11 is 10.5. The van der Waals surface area contributed by atoms with E-state index in [0.717, 1.165) is 6.42 Å². The maximum Gasteiger partial charge on any atom is 0.317 e. The lowest BCUT2D eigenvalue weighted by Gasteiger charge is -1.91. The monoisotopic (exact) mass is 469 g/mol. The third-order valence-corrected chi connectivity index (χ3v) is 2.88. The van der Waals surface area contributed by atoms with E-state index in [2.05, 4.69) is 21.4 Å². The summed E-state index contributed by atoms with van der Waals surface area (Å²) in [4.78, 5) is 0. The van der Waals surface area contributed by atoms with Gasteiger partial charge in [0.1, 0.15) is 0 Å². The van der Waals surface area contributed by atoms with Crippen LogP contribution >= 0.6 is 67.7 Å². The second-order valence-electron chi connectivity index (χ2n) is 2.85. The Kier molecular flexibility index (Phi) is 35.0. The average molecular weight is 472 g/mol. The van der Waals surface area contributed by atoms with Gasteiger partial charge < -0.3 is 5.73 Å². The van der Waals surface area contributed by atoms with Gasteiger partial charge in [-0.05, 0) is 25.8 Å². The molecule has 0 rings (SSSR count). The van der Waals surface area contributed by atoms with Crippen LogP contribution in [0.2, 0.25) is 0 Å². The van der Waals surface area contributed by atoms with Crippen LogP contribution in [0.5, 0.6) is 0 Å². The van der Waals surface area contributed by atoms with Crippen molar-refractivity contribution in [1.82, 2.24) is 0 Å². The van der Waals surface area contributed by atoms with Crippen molar-refractivity contribution in [3.05, 3.63) is 0 Å². The fraction of sp³-hybridized carbons (Fsp3) is 1.00. The molecule has 0 aliphatic rings. The van der Waals surface area contributed by atoms with E-state index in [4.69, 9.17) is 48.0 Å². The maximum atomic E-state index is 10.2. The van der Waals surface area contributed by atoms with Crippen LogP contribution in [0.15, 0.2) is 0 Å². The molecule has 0 bridgehead atoms. The van der Waals surface area contributed by atoms with Gasteiger partial charge in [0, 0.05) is 43.8 Å². The van der Waals surface area contributed by atoms with Crippen molar-refractivity contribution < 1.29 is 16.8 Å². The molecule has 0 aromatic heterocycles. The summed E-state index contributed by atoms with van der Waals surface area (Å²) in [6, 6.07) is 0. The molecule has 0 aromatic rings. The molecule has 0 radical (unpaired) electrons. The molecule has 0 fully saturated rings. The van der Waals surface area contributed by atoms with Crippen LogP contribution in [0.3, 0.4) is 0 Å². The smallest absolute Gasteiger partial charge is 0.317 e. The van der Waals surface area contributed by atoms with Crippen LogP contribution < -0.4 is 5.73 Å². The number of rotatable bonds is 6. The number of hydrogen-bond acceptors (Lipinski definition) is 5. The molecule has 0 saturated heterocycles. The molecule has 0 aliphatic heterocycles. The standard InChI is InChI=1S/C4H8Cl2O2S.C3H8ClN.CH4.Cl2O2S.ClH/c5-3-1-2-4-9(6,7)8;4-2-1-3-5;;1-5(2,3)4;/h1-4H2;1-3,5H2;1H4;;1H. The number of unbranched alkanes of at least 4 members (excludes halogenated alkanes) is 1. The third kappa shape index (κ3) is 90.0. The molecule has 0 atom stereocenters. The van der Waals surface area contributed by atoms with Crippen LogP contribution in [0.25, 0.3) is 0 Å². The predicted molar refractivity (Wildman–Crippen MR) is 98.6 cm³/mol. The number of alkyl halides is 2. The van der Waals surface area contributed by atoms with Crippen LogP contribution in [-0.2, 0) is 17.3 Å². The highest BCUT2D eigenvalue weighted by Gasteiger charge is 2.02. The molecule has 0 heterocycles. The van der Waals surface area contributed by atoms with Gasteiger partial charge in [-0.3, -0.25) is 0 Å². The summed E-state index contributed by atoms with van der Waals surface area (Å²) < 4.78 is 38.8. The molecule has 0 aromatic carbocycles. The molecule has 0 unspecified atom stereocenters. The molecule has 0 amide bonds. The summed E-state index contributed by atoms with van der Waals surface area (Å²) in [5, 5.41) is 0. The van der Waals surface area contributed by atoms with Crippen molar-refractivity contribution in [1.29, 1.82) is 0 Å². The molecule has 0 aliphatic carbocycles. The van der Waals surface area contributed by atoms with E-state index in [9.17, 15) is 8.42 Å². The first kappa shape index (κ1) is 34.0. The van der Waals surface area contributed by atoms with Gasteiger partial charge in [-0.1, -0.05) is 7.43 Å². The minimum atomic E-state index is -3.72. The van der Waals surface area contributed by atoms with E-state index in [0.29, 0.717) is 31.1 Å². The minimum Gasteiger partial charge on any atom is -0.330 e. The van der Waals surface area contributed by atoms with E-state index in [1.54, 1.807) is 0 Å². The van der Waals surface area contributed by atoms with Crippen LogP contribution in [-0.4, -0.2) is 40.9 Å². The summed E-state index contributed by atoms with van der Waals surface area (Å²) in [7, 11) is 6.43. The van der Waals surface area contributed by atoms with Crippen molar-refractivity contribution in [3.63, 3.8) is 0 Å². The normalized spacial score (nSPS) is 9.81. The van der Waals surface area contributed by atoms with Crippen molar-refractivity contribution in [3.8, 4) is 0 Å². The Bertz CT molecular complexity index is 366. The van der Waals surface area contributed by atoms with Gasteiger partial charge in [-0.2, -0.15) is 8.42 Å². The predicted octanol–water partition coefficient (Wildman–Crippen LogP) is 3.91. The Hall–Kier alpha value is 1.60. The quantitative estimate of drug-likeness (QED) is 0.360. The van der Waals surface area contributed by atoms with Gasteiger partial charge in [-0.25, -0.2) is 8.42 Å². The number of halogens is 6. The molecule has 2 N–H and O–H groups in total. The molecule has 21 heavy (non-hydrogen) atoms. The highest BCUT2D eigenvalue weighted by atomic mass is 36.0. The lowest BCUT2D eigenvalue weighted by atomic mass is 10.4. The summed E-state index contributed by atoms with van der Waals surface area (Å²) in [6.07, 6.45) is 2.18. The molecule has 0 spiro atoms. The Balaban J connectivity index is -0.0000000622. The third-order valence-electron chi connectivity index (χ3n) is 1.11. The van der Waals surface area contributed by atoms with Crippen LogP contribution in [0, 0.1) is 0 Å². The highest BCUT2D eigenvalue weighted by molar-refractivity contribution is 8.31. The fourth-order valence-electron chi connectivity index (χ4n) is 0.446. The number of nitrogens with two attached hydrogens (primary N) is 1. The molecule has 136 valence electrons. The van der Waals surface area contributed by atoms with Gasteiger partial charge >= 0.3 is 8.26 Å². The van der Waals surface area contributed by atoms with Gasteiger partial charge in [0.15, 0.2) is 0 Å². The van der Waals surface area contributed by atoms with E-state index in [1.807, 2.05) is 0 Å². The molecule has 0 saturated carbocycles. The first-order valence-electron chi connectivity index (χ1n) is 4.86. The second-order valence-corrected chi connectivity index (χ2v) is 10.2. The SMILES string of the molecule is C.Cl.NCCCCl.O=S(=O)(Cl)CCCCCl.O=S(=O)(Cl)Cl. The van der Waals surface area contributed by atoms with E-state index < -0.39 is 17.3 Å². The Morgan fingerprint density at radius 3 is 1.29 bits per heavy atom. The minimum absolute atomic E-state index is 0. The van der Waals surface area contributed by atoms with Gasteiger partial charge in [0.2, 0.25) is 9.05 Å². The van der Waals surface area contributed by atoms with Crippen molar-refractivity contribution >= 4 is 85.0 Å². The zero-order valence-electron chi connectivity index (χ0n) is 10.3. The highest BCUT2D eigenvalue weighted by Crippen LogP contribution is 2.01. The van der Waals surface area contributed by atoms with Crippen molar-refractivity contribution in [2.24, 2.45) is 5.73 Å².